The van der Waals surface area contributed by atoms with Crippen LogP contribution in [0.15, 0.2) is 116 Å². The van der Waals surface area contributed by atoms with Gasteiger partial charge in [0.2, 0.25) is 0 Å². The number of hydrogen-bond acceptors (Lipinski definition) is 9. The number of benzene rings is 3. The van der Waals surface area contributed by atoms with Crippen molar-refractivity contribution in [3.63, 3.8) is 0 Å². The predicted molar refractivity (Wildman–Crippen MR) is 205 cm³/mol. The second-order valence-corrected chi connectivity index (χ2v) is 12.4. The zero-order chi connectivity index (χ0) is 38.0. The molecule has 0 saturated heterocycles. The molecule has 2 atom stereocenters. The van der Waals surface area contributed by atoms with Crippen molar-refractivity contribution in [3.05, 3.63) is 139 Å². The minimum absolute atomic E-state index is 0.0456. The van der Waals surface area contributed by atoms with Gasteiger partial charge in [0.15, 0.2) is 0 Å². The van der Waals surface area contributed by atoms with E-state index in [1.165, 1.54) is 12.2 Å². The summed E-state index contributed by atoms with van der Waals surface area (Å²) in [5, 5.41) is 0. The van der Waals surface area contributed by atoms with E-state index < -0.39 is 24.0 Å². The molecule has 0 fully saturated rings. The van der Waals surface area contributed by atoms with E-state index in [1.54, 1.807) is 18.2 Å². The lowest BCUT2D eigenvalue weighted by Gasteiger charge is -2.23. The molecule has 3 aromatic carbocycles. The molecule has 53 heavy (non-hydrogen) atoms. The molecular formula is C44H46O9. The third-order valence-corrected chi connectivity index (χ3v) is 8.41. The molecule has 276 valence electrons. The summed E-state index contributed by atoms with van der Waals surface area (Å²) in [6, 6.07) is 21.1. The second-order valence-electron chi connectivity index (χ2n) is 12.4. The van der Waals surface area contributed by atoms with E-state index in [9.17, 15) is 19.2 Å². The maximum Gasteiger partial charge on any atom is 0.338 e. The molecule has 3 aromatic rings. The summed E-state index contributed by atoms with van der Waals surface area (Å²) >= 11 is 0. The van der Waals surface area contributed by atoms with Gasteiger partial charge in [-0.25, -0.2) is 19.2 Å². The number of ether oxygens (including phenoxy) is 5. The predicted octanol–water partition coefficient (Wildman–Crippen LogP) is 8.43. The van der Waals surface area contributed by atoms with E-state index in [2.05, 4.69) is 13.2 Å². The molecule has 2 unspecified atom stereocenters. The molecule has 0 radical (unpaired) electrons. The van der Waals surface area contributed by atoms with Gasteiger partial charge in [-0.05, 0) is 102 Å². The lowest BCUT2D eigenvalue weighted by Crippen LogP contribution is -2.23. The molecule has 0 saturated carbocycles. The standard InChI is InChI=1S/C44H46O9/c1-5-41(45)50-26-10-8-7-9-25-49-38-20-17-35(18-21-38)39-22-11-33(29-31(39)3)12-24-43(47)53-40-23-19-37(30-32(40)4)34-13-15-36(16-14-34)44(48)52-28-27-51-42(46)6-2/h5-6,11-24,29-30,32,40H,1-2,7-10,25-28H2,3-4H3/b24-12+. The first kappa shape index (κ1) is 39.8. The molecule has 1 aliphatic rings. The summed E-state index contributed by atoms with van der Waals surface area (Å²) in [6.45, 7) is 11.7. The van der Waals surface area contributed by atoms with Crippen molar-refractivity contribution in [3.8, 4) is 16.9 Å². The number of rotatable bonds is 19. The highest BCUT2D eigenvalue weighted by Crippen LogP contribution is 2.28. The Morgan fingerprint density at radius 3 is 2.02 bits per heavy atom. The van der Waals surface area contributed by atoms with Crippen molar-refractivity contribution >= 4 is 35.5 Å². The topological polar surface area (TPSA) is 114 Å². The molecule has 0 aliphatic heterocycles. The smallest absolute Gasteiger partial charge is 0.338 e. The van der Waals surface area contributed by atoms with Gasteiger partial charge in [-0.2, -0.15) is 0 Å². The molecule has 4 rings (SSSR count). The van der Waals surface area contributed by atoms with E-state index in [0.29, 0.717) is 18.8 Å². The van der Waals surface area contributed by atoms with Gasteiger partial charge in [-0.3, -0.25) is 0 Å². The van der Waals surface area contributed by atoms with Gasteiger partial charge in [-0.1, -0.05) is 74.7 Å². The summed E-state index contributed by atoms with van der Waals surface area (Å²) in [4.78, 5) is 47.2. The van der Waals surface area contributed by atoms with Crippen LogP contribution in [-0.2, 0) is 33.3 Å². The monoisotopic (exact) mass is 718 g/mol. The number of aryl methyl sites for hydroxylation is 1. The van der Waals surface area contributed by atoms with Crippen molar-refractivity contribution in [2.45, 2.75) is 45.6 Å². The molecule has 0 N–H and O–H groups in total. The van der Waals surface area contributed by atoms with Crippen molar-refractivity contribution in [1.82, 2.24) is 0 Å². The molecule has 0 spiro atoms. The normalized spacial score (nSPS) is 14.9. The van der Waals surface area contributed by atoms with Crippen LogP contribution < -0.4 is 4.74 Å². The molecule has 9 heteroatoms. The van der Waals surface area contributed by atoms with Crippen LogP contribution in [0, 0.1) is 12.8 Å². The first-order valence-electron chi connectivity index (χ1n) is 17.7. The van der Waals surface area contributed by atoms with Gasteiger partial charge in [0.05, 0.1) is 18.8 Å². The van der Waals surface area contributed by atoms with Crippen LogP contribution in [0.1, 0.15) is 59.7 Å². The number of carbonyl (C=O) groups excluding carboxylic acids is 4. The van der Waals surface area contributed by atoms with Gasteiger partial charge in [-0.15, -0.1) is 0 Å². The number of hydrogen-bond donors (Lipinski definition) is 0. The molecule has 0 amide bonds. The fourth-order valence-corrected chi connectivity index (χ4v) is 5.53. The van der Waals surface area contributed by atoms with Crippen LogP contribution in [0.4, 0.5) is 0 Å². The van der Waals surface area contributed by atoms with Crippen molar-refractivity contribution < 1.29 is 42.9 Å². The van der Waals surface area contributed by atoms with Crippen LogP contribution in [-0.4, -0.2) is 56.4 Å². The van der Waals surface area contributed by atoms with Crippen LogP contribution in [0.5, 0.6) is 5.75 Å². The van der Waals surface area contributed by atoms with Crippen LogP contribution in [0.25, 0.3) is 22.8 Å². The minimum Gasteiger partial charge on any atom is -0.494 e. The Hall–Kier alpha value is -5.96. The highest BCUT2D eigenvalue weighted by molar-refractivity contribution is 5.90. The lowest BCUT2D eigenvalue weighted by atomic mass is 9.91. The van der Waals surface area contributed by atoms with Crippen molar-refractivity contribution in [2.24, 2.45) is 5.92 Å². The molecule has 9 nitrogen and oxygen atoms in total. The molecule has 1 aliphatic carbocycles. The van der Waals surface area contributed by atoms with E-state index in [1.807, 2.05) is 86.7 Å². The van der Waals surface area contributed by atoms with Crippen molar-refractivity contribution in [2.75, 3.05) is 26.4 Å². The van der Waals surface area contributed by atoms with E-state index >= 15 is 0 Å². The number of allylic oxidation sites excluding steroid dienone is 2. The third-order valence-electron chi connectivity index (χ3n) is 8.41. The van der Waals surface area contributed by atoms with Crippen molar-refractivity contribution in [1.29, 1.82) is 0 Å². The Bertz CT molecular complexity index is 1830. The van der Waals surface area contributed by atoms with E-state index in [-0.39, 0.29) is 25.1 Å². The summed E-state index contributed by atoms with van der Waals surface area (Å²) in [5.74, 6) is -1.16. The Morgan fingerprint density at radius 2 is 1.36 bits per heavy atom. The fourth-order valence-electron chi connectivity index (χ4n) is 5.53. The average molecular weight is 719 g/mol. The molecule has 0 aromatic heterocycles. The van der Waals surface area contributed by atoms with Crippen LogP contribution >= 0.6 is 0 Å². The van der Waals surface area contributed by atoms with Gasteiger partial charge >= 0.3 is 23.9 Å². The van der Waals surface area contributed by atoms with Crippen LogP contribution in [0.2, 0.25) is 0 Å². The Morgan fingerprint density at radius 1 is 0.717 bits per heavy atom. The summed E-state index contributed by atoms with van der Waals surface area (Å²) in [6.07, 6.45) is 14.5. The number of unbranched alkanes of at least 4 members (excludes halogenated alkanes) is 3. The maximum absolute atomic E-state index is 12.8. The lowest BCUT2D eigenvalue weighted by molar-refractivity contribution is -0.142. The molecule has 0 bridgehead atoms. The average Bonchev–Trinajstić information content (AvgIpc) is 3.17. The van der Waals surface area contributed by atoms with E-state index in [0.717, 1.165) is 70.9 Å². The van der Waals surface area contributed by atoms with Gasteiger partial charge in [0, 0.05) is 24.1 Å². The Kier molecular flexibility index (Phi) is 15.6. The molecule has 0 heterocycles. The molecular weight excluding hydrogens is 672 g/mol. The zero-order valence-electron chi connectivity index (χ0n) is 30.3. The van der Waals surface area contributed by atoms with Gasteiger partial charge in [0.1, 0.15) is 25.1 Å². The summed E-state index contributed by atoms with van der Waals surface area (Å²) < 4.78 is 26.6. The van der Waals surface area contributed by atoms with Gasteiger partial charge in [0.25, 0.3) is 0 Å². The number of esters is 4. The summed E-state index contributed by atoms with van der Waals surface area (Å²) in [7, 11) is 0. The number of carbonyl (C=O) groups is 4. The summed E-state index contributed by atoms with van der Waals surface area (Å²) in [5.41, 5.74) is 6.36. The quantitative estimate of drug-likeness (QED) is 0.0522. The van der Waals surface area contributed by atoms with E-state index in [4.69, 9.17) is 23.7 Å². The first-order chi connectivity index (χ1) is 25.7. The second kappa shape index (κ2) is 20.8. The highest BCUT2D eigenvalue weighted by atomic mass is 16.6. The zero-order valence-corrected chi connectivity index (χ0v) is 30.3. The largest absolute Gasteiger partial charge is 0.494 e. The SMILES string of the molecule is C=CC(=O)OCCCCCCOc1ccc(-c2ccc(/C=C/C(=O)OC3C=CC(c4ccc(C(=O)OCCOC(=O)C=C)cc4)=CC3C)cc2C)cc1. The third kappa shape index (κ3) is 12.9. The highest BCUT2D eigenvalue weighted by Gasteiger charge is 2.21. The minimum atomic E-state index is -0.575. The Balaban J connectivity index is 1.20. The van der Waals surface area contributed by atoms with Gasteiger partial charge < -0.3 is 23.7 Å². The maximum atomic E-state index is 12.8. The fraction of sp³-hybridized carbons (Fsp3) is 0.273. The Labute approximate surface area is 311 Å². The first-order valence-corrected chi connectivity index (χ1v) is 17.7. The van der Waals surface area contributed by atoms with Crippen LogP contribution in [0.3, 0.4) is 0 Å².